The minimum Gasteiger partial charge on any atom is -0.456 e. The fourth-order valence-corrected chi connectivity index (χ4v) is 12.8. The highest BCUT2D eigenvalue weighted by Crippen LogP contribution is 2.47. The Morgan fingerprint density at radius 2 is 1.35 bits per heavy atom. The summed E-state index contributed by atoms with van der Waals surface area (Å²) in [5, 5.41) is 4.24. The van der Waals surface area contributed by atoms with E-state index in [4.69, 9.17) is 37.3 Å². The van der Waals surface area contributed by atoms with Gasteiger partial charge in [0, 0.05) is 79.1 Å². The summed E-state index contributed by atoms with van der Waals surface area (Å²) in [4.78, 5) is 47.2. The molecule has 0 bridgehead atoms. The molecule has 0 unspecified atom stereocenters. The highest BCUT2D eigenvalue weighted by molar-refractivity contribution is 6.43. The number of halogens is 4. The minimum atomic E-state index is -2.91. The lowest BCUT2D eigenvalue weighted by Gasteiger charge is -2.20. The number of aryl methyl sites for hydroxylation is 4. The first kappa shape index (κ1) is 49.7. The number of aliphatic imine (C=N–C) groups is 1. The number of hydrogen-bond acceptors (Lipinski definition) is 6. The number of nitrogens with zero attached hydrogens (tertiary/aromatic N) is 3. The van der Waals surface area contributed by atoms with Crippen molar-refractivity contribution in [1.29, 1.82) is 0 Å². The summed E-state index contributed by atoms with van der Waals surface area (Å²) in [7, 11) is -2.91. The van der Waals surface area contributed by atoms with Crippen LogP contribution in [0.1, 0.15) is 97.5 Å². The topological polar surface area (TPSA) is 95.8 Å². The van der Waals surface area contributed by atoms with Gasteiger partial charge in [0.2, 0.25) is 0 Å². The van der Waals surface area contributed by atoms with E-state index >= 15 is 8.63 Å². The lowest BCUT2D eigenvalue weighted by Crippen LogP contribution is -2.31. The SMILES string of the molecule is CC(C)(C)c1ccc2oc3ccc4c(=O)n(-c5ccc(CCCC(=O)Oc6cc(Cl)c(/C(=C7\C=C8CCCc9ccccc9C8=N7)c7cc8c(n7B(F)F)-c7ccccc7CCC8)c(Cl)c6)cc5)c(=O)c5ccc(c2c1)c3c45. The molecule has 78 heavy (non-hydrogen) atoms. The van der Waals surface area contributed by atoms with Gasteiger partial charge in [-0.3, -0.25) is 23.0 Å². The Balaban J connectivity index is 0.770. The molecule has 0 saturated carbocycles. The van der Waals surface area contributed by atoms with Crippen LogP contribution in [0.4, 0.5) is 8.63 Å². The summed E-state index contributed by atoms with van der Waals surface area (Å²) in [5.41, 5.74) is 11.3. The third-order valence-corrected chi connectivity index (χ3v) is 16.5. The first-order valence-electron chi connectivity index (χ1n) is 26.5. The van der Waals surface area contributed by atoms with Gasteiger partial charge in [0.25, 0.3) is 11.1 Å². The average Bonchev–Trinajstić information content (AvgIpc) is 3.32. The number of carbonyl (C=O) groups is 1. The summed E-state index contributed by atoms with van der Waals surface area (Å²) in [6, 6.07) is 41.4. The normalized spacial score (nSPS) is 14.9. The number of benzene rings is 7. The van der Waals surface area contributed by atoms with Crippen LogP contribution >= 0.6 is 23.2 Å². The molecule has 13 rings (SSSR count). The van der Waals surface area contributed by atoms with Crippen LogP contribution in [0.25, 0.3) is 66.0 Å². The predicted molar refractivity (Wildman–Crippen MR) is 311 cm³/mol. The molecule has 8 nitrogen and oxygen atoms in total. The maximum Gasteiger partial charge on any atom is 0.678 e. The summed E-state index contributed by atoms with van der Waals surface area (Å²) in [6.07, 6.45) is 7.69. The van der Waals surface area contributed by atoms with Crippen LogP contribution in [-0.2, 0) is 35.9 Å². The van der Waals surface area contributed by atoms with E-state index in [0.29, 0.717) is 69.2 Å². The minimum absolute atomic E-state index is 0.0507. The van der Waals surface area contributed by atoms with Gasteiger partial charge in [-0.25, -0.2) is 9.56 Å². The van der Waals surface area contributed by atoms with Crippen molar-refractivity contribution < 1.29 is 22.6 Å². The van der Waals surface area contributed by atoms with Crippen molar-refractivity contribution in [2.45, 2.75) is 84.0 Å². The van der Waals surface area contributed by atoms with Crippen molar-refractivity contribution in [3.63, 3.8) is 0 Å². The van der Waals surface area contributed by atoms with E-state index in [1.807, 2.05) is 72.8 Å². The Bertz CT molecular complexity index is 4330. The Morgan fingerprint density at radius 3 is 2.06 bits per heavy atom. The smallest absolute Gasteiger partial charge is 0.456 e. The highest BCUT2D eigenvalue weighted by Gasteiger charge is 2.35. The standard InChI is InChI=1S/C65H50BCl2F2N3O5/c1-65(2,3)41-23-29-54-49(33-41)46-26-27-47-57-48(28-30-55(78-54)58(46)57)64(76)72(63(47)75)42-24-21-36(22-25-42)11-8-20-56(74)77-43-34-50(67)59(51(68)35-43)60(52-31-39-16-9-14-37-12-4-6-18-44(37)61(39)71-52)53-32-40-17-10-15-38-13-5-7-19-45(38)62(40)73(53)66(69)70/h4-7,12-13,18-19,21-35H,8-11,14-17,20H2,1-3H3/b60-52+. The van der Waals surface area contributed by atoms with E-state index in [2.05, 4.69) is 45.0 Å². The second kappa shape index (κ2) is 19.3. The molecule has 0 N–H and O–H groups in total. The van der Waals surface area contributed by atoms with E-state index in [1.165, 1.54) is 22.3 Å². The van der Waals surface area contributed by atoms with E-state index in [9.17, 15) is 14.4 Å². The number of esters is 1. The number of fused-ring (bicyclic) bond motifs is 8. The lowest BCUT2D eigenvalue weighted by atomic mass is 9.85. The van der Waals surface area contributed by atoms with Crippen molar-refractivity contribution in [3.05, 3.63) is 226 Å². The zero-order chi connectivity index (χ0) is 53.7. The molecule has 386 valence electrons. The van der Waals surface area contributed by atoms with Crippen LogP contribution in [0.3, 0.4) is 0 Å². The zero-order valence-corrected chi connectivity index (χ0v) is 44.6. The summed E-state index contributed by atoms with van der Waals surface area (Å²) < 4.78 is 46.2. The van der Waals surface area contributed by atoms with Gasteiger partial charge in [-0.2, -0.15) is 0 Å². The quantitative estimate of drug-likeness (QED) is 0.0472. The lowest BCUT2D eigenvalue weighted by molar-refractivity contribution is -0.134. The number of allylic oxidation sites excluding steroid dienone is 2. The fraction of sp³-hybridized carbons (Fsp3) is 0.200. The van der Waals surface area contributed by atoms with Crippen LogP contribution in [0.2, 0.25) is 10.0 Å². The molecule has 13 heteroatoms. The number of hydrogen-bond donors (Lipinski definition) is 0. The van der Waals surface area contributed by atoms with Gasteiger partial charge in [-0.05, 0) is 150 Å². The zero-order valence-electron chi connectivity index (χ0n) is 43.1. The molecule has 3 aliphatic rings. The second-order valence-electron chi connectivity index (χ2n) is 21.7. The molecule has 0 saturated heterocycles. The second-order valence-corrected chi connectivity index (χ2v) is 22.6. The van der Waals surface area contributed by atoms with Gasteiger partial charge >= 0.3 is 13.4 Å². The monoisotopic (exact) mass is 1070 g/mol. The third-order valence-electron chi connectivity index (χ3n) is 15.9. The van der Waals surface area contributed by atoms with Crippen molar-refractivity contribution >= 4 is 91.3 Å². The molecule has 2 aliphatic carbocycles. The summed E-state index contributed by atoms with van der Waals surface area (Å²) in [5.74, 6) is -0.405. The van der Waals surface area contributed by atoms with E-state index in [1.54, 1.807) is 30.3 Å². The molecule has 10 aromatic rings. The van der Waals surface area contributed by atoms with Gasteiger partial charge in [0.15, 0.2) is 0 Å². The average molecular weight is 1070 g/mol. The first-order valence-corrected chi connectivity index (χ1v) is 27.3. The number of pyridine rings is 1. The number of aromatic nitrogens is 2. The van der Waals surface area contributed by atoms with Crippen LogP contribution in [-0.4, -0.2) is 28.1 Å². The Hall–Kier alpha value is -7.86. The van der Waals surface area contributed by atoms with Crippen LogP contribution in [0.15, 0.2) is 170 Å². The molecule has 0 atom stereocenters. The van der Waals surface area contributed by atoms with Crippen molar-refractivity contribution in [2.24, 2.45) is 4.99 Å². The van der Waals surface area contributed by atoms with E-state index in [0.717, 1.165) is 103 Å². The van der Waals surface area contributed by atoms with Gasteiger partial charge in [0.1, 0.15) is 16.9 Å². The number of carbonyl (C=O) groups excluding carboxylic acids is 1. The Morgan fingerprint density at radius 1 is 0.705 bits per heavy atom. The largest absolute Gasteiger partial charge is 0.678 e. The molecule has 1 aliphatic heterocycles. The highest BCUT2D eigenvalue weighted by atomic mass is 35.5. The molecular weight excluding hydrogens is 1020 g/mol. The predicted octanol–water partition coefficient (Wildman–Crippen LogP) is 15.6. The maximum absolute atomic E-state index is 15.8. The van der Waals surface area contributed by atoms with Gasteiger partial charge < -0.3 is 13.6 Å². The van der Waals surface area contributed by atoms with Gasteiger partial charge in [-0.1, -0.05) is 117 Å². The van der Waals surface area contributed by atoms with Crippen molar-refractivity contribution in [1.82, 2.24) is 9.05 Å². The molecule has 3 aromatic heterocycles. The molecular formula is C65H50BCl2F2N3O5. The van der Waals surface area contributed by atoms with Gasteiger partial charge in [-0.15, -0.1) is 0 Å². The Kier molecular flexibility index (Phi) is 12.3. The molecule has 0 fully saturated rings. The van der Waals surface area contributed by atoms with Crippen LogP contribution < -0.4 is 15.9 Å². The molecule has 0 spiro atoms. The molecule has 0 amide bonds. The Labute approximate surface area is 458 Å². The third kappa shape index (κ3) is 8.41. The summed E-state index contributed by atoms with van der Waals surface area (Å²) in [6.45, 7) is 6.47. The molecule has 7 aromatic carbocycles. The van der Waals surface area contributed by atoms with E-state index < -0.39 is 24.5 Å². The number of ether oxygens (including phenoxy) is 1. The first-order chi connectivity index (χ1) is 37.7. The van der Waals surface area contributed by atoms with Crippen LogP contribution in [0, 0.1) is 0 Å². The van der Waals surface area contributed by atoms with Crippen molar-refractivity contribution in [2.75, 3.05) is 0 Å². The van der Waals surface area contributed by atoms with E-state index in [-0.39, 0.29) is 33.3 Å². The maximum atomic E-state index is 15.8. The van der Waals surface area contributed by atoms with Gasteiger partial charge in [0.05, 0.1) is 27.1 Å². The number of rotatable bonds is 9. The fourth-order valence-electron chi connectivity index (χ4n) is 12.1. The molecule has 0 radical (unpaired) electrons. The summed E-state index contributed by atoms with van der Waals surface area (Å²) >= 11 is 14.4. The van der Waals surface area contributed by atoms with Crippen molar-refractivity contribution in [3.8, 4) is 22.7 Å². The van der Waals surface area contributed by atoms with Crippen LogP contribution in [0.5, 0.6) is 5.75 Å². The molecule has 4 heterocycles.